The molecule has 3 rings (SSSR count). The Hall–Kier alpha value is -2.43. The lowest BCUT2D eigenvalue weighted by molar-refractivity contribution is 0.303. The molecule has 1 aromatic carbocycles. The molecule has 0 aliphatic carbocycles. The highest BCUT2D eigenvalue weighted by molar-refractivity contribution is 5.97. The molecule has 2 heterocycles. The SMILES string of the molecule is CCOc1c(OC)c(=O)oc2cc3occc3cc12. The quantitative estimate of drug-likeness (QED) is 0.677. The highest BCUT2D eigenvalue weighted by Gasteiger charge is 2.17. The molecule has 0 unspecified atom stereocenters. The van der Waals surface area contributed by atoms with Crippen molar-refractivity contribution >= 4 is 21.9 Å². The van der Waals surface area contributed by atoms with Crippen LogP contribution in [0.25, 0.3) is 21.9 Å². The zero-order valence-electron chi connectivity index (χ0n) is 10.6. The Morgan fingerprint density at radius 1 is 1.21 bits per heavy atom. The number of ether oxygens (including phenoxy) is 2. The lowest BCUT2D eigenvalue weighted by atomic mass is 10.1. The van der Waals surface area contributed by atoms with Crippen LogP contribution in [-0.2, 0) is 0 Å². The molecule has 0 atom stereocenters. The van der Waals surface area contributed by atoms with Gasteiger partial charge in [-0.05, 0) is 19.1 Å². The Morgan fingerprint density at radius 3 is 2.79 bits per heavy atom. The van der Waals surface area contributed by atoms with Crippen LogP contribution >= 0.6 is 0 Å². The number of methoxy groups -OCH3 is 1. The van der Waals surface area contributed by atoms with E-state index in [0.29, 0.717) is 28.9 Å². The number of hydrogen-bond acceptors (Lipinski definition) is 5. The van der Waals surface area contributed by atoms with Gasteiger partial charge in [-0.2, -0.15) is 0 Å². The molecule has 0 N–H and O–H groups in total. The second-order valence-corrected chi connectivity index (χ2v) is 3.99. The number of furan rings is 1. The molecule has 0 spiro atoms. The van der Waals surface area contributed by atoms with Crippen LogP contribution in [0.5, 0.6) is 11.5 Å². The van der Waals surface area contributed by atoms with Gasteiger partial charge in [-0.1, -0.05) is 0 Å². The molecular formula is C14H12O5. The van der Waals surface area contributed by atoms with E-state index in [1.807, 2.05) is 19.1 Å². The van der Waals surface area contributed by atoms with Crippen LogP contribution < -0.4 is 15.1 Å². The predicted octanol–water partition coefficient (Wildman–Crippen LogP) is 2.95. The smallest absolute Gasteiger partial charge is 0.383 e. The van der Waals surface area contributed by atoms with E-state index in [0.717, 1.165) is 5.39 Å². The lowest BCUT2D eigenvalue weighted by Crippen LogP contribution is -2.07. The molecule has 0 fully saturated rings. The van der Waals surface area contributed by atoms with Gasteiger partial charge in [0.2, 0.25) is 5.75 Å². The Labute approximate surface area is 108 Å². The maximum atomic E-state index is 11.8. The van der Waals surface area contributed by atoms with Crippen molar-refractivity contribution in [3.8, 4) is 11.5 Å². The Balaban J connectivity index is 2.44. The molecule has 0 aliphatic rings. The Morgan fingerprint density at radius 2 is 2.05 bits per heavy atom. The molecule has 0 bridgehead atoms. The topological polar surface area (TPSA) is 61.8 Å². The molecule has 5 heteroatoms. The van der Waals surface area contributed by atoms with Crippen LogP contribution in [0.3, 0.4) is 0 Å². The van der Waals surface area contributed by atoms with Crippen molar-refractivity contribution in [3.63, 3.8) is 0 Å². The minimum absolute atomic E-state index is 0.0807. The van der Waals surface area contributed by atoms with Gasteiger partial charge in [-0.3, -0.25) is 0 Å². The normalized spacial score (nSPS) is 11.1. The van der Waals surface area contributed by atoms with Crippen LogP contribution in [0.4, 0.5) is 0 Å². The molecule has 19 heavy (non-hydrogen) atoms. The van der Waals surface area contributed by atoms with Gasteiger partial charge in [0.05, 0.1) is 25.4 Å². The molecule has 0 amide bonds. The average molecular weight is 260 g/mol. The first-order chi connectivity index (χ1) is 9.24. The third-order valence-corrected chi connectivity index (χ3v) is 2.89. The molecule has 0 radical (unpaired) electrons. The van der Waals surface area contributed by atoms with Crippen molar-refractivity contribution in [2.24, 2.45) is 0 Å². The number of hydrogen-bond donors (Lipinski definition) is 0. The Kier molecular flexibility index (Phi) is 2.67. The first kappa shape index (κ1) is 11.6. The molecule has 0 aliphatic heterocycles. The summed E-state index contributed by atoms with van der Waals surface area (Å²) in [5.74, 6) is 0.483. The van der Waals surface area contributed by atoms with Gasteiger partial charge in [-0.15, -0.1) is 0 Å². The summed E-state index contributed by atoms with van der Waals surface area (Å²) in [5.41, 5.74) is 0.504. The standard InChI is InChI=1S/C14H12O5/c1-3-17-12-9-6-8-4-5-18-10(8)7-11(9)19-14(15)13(12)16-2/h4-7H,3H2,1-2H3. The fraction of sp³-hybridized carbons (Fsp3) is 0.214. The van der Waals surface area contributed by atoms with Crippen molar-refractivity contribution < 1.29 is 18.3 Å². The van der Waals surface area contributed by atoms with E-state index in [4.69, 9.17) is 18.3 Å². The summed E-state index contributed by atoms with van der Waals surface area (Å²) in [7, 11) is 1.41. The maximum absolute atomic E-state index is 11.8. The van der Waals surface area contributed by atoms with Crippen LogP contribution in [0.1, 0.15) is 6.92 Å². The summed E-state index contributed by atoms with van der Waals surface area (Å²) in [4.78, 5) is 11.8. The number of fused-ring (bicyclic) bond motifs is 2. The second kappa shape index (κ2) is 4.35. The second-order valence-electron chi connectivity index (χ2n) is 3.99. The van der Waals surface area contributed by atoms with Crippen LogP contribution in [0, 0.1) is 0 Å². The van der Waals surface area contributed by atoms with Crippen LogP contribution in [0.15, 0.2) is 38.1 Å². The fourth-order valence-electron chi connectivity index (χ4n) is 2.08. The van der Waals surface area contributed by atoms with Gasteiger partial charge in [0.15, 0.2) is 5.75 Å². The molecule has 98 valence electrons. The maximum Gasteiger partial charge on any atom is 0.383 e. The minimum atomic E-state index is -0.565. The third-order valence-electron chi connectivity index (χ3n) is 2.89. The van der Waals surface area contributed by atoms with Gasteiger partial charge in [0, 0.05) is 11.5 Å². The van der Waals surface area contributed by atoms with Crippen LogP contribution in [-0.4, -0.2) is 13.7 Å². The molecule has 3 aromatic rings. The van der Waals surface area contributed by atoms with E-state index in [1.54, 1.807) is 12.3 Å². The summed E-state index contributed by atoms with van der Waals surface area (Å²) in [6.45, 7) is 2.27. The molecule has 0 saturated carbocycles. The first-order valence-electron chi connectivity index (χ1n) is 5.89. The first-order valence-corrected chi connectivity index (χ1v) is 5.89. The number of benzene rings is 1. The molecule has 0 saturated heterocycles. The van der Waals surface area contributed by atoms with Crippen LogP contribution in [0.2, 0.25) is 0 Å². The van der Waals surface area contributed by atoms with Crippen molar-refractivity contribution in [2.75, 3.05) is 13.7 Å². The van der Waals surface area contributed by atoms with Crippen molar-refractivity contribution in [1.82, 2.24) is 0 Å². The molecule has 5 nitrogen and oxygen atoms in total. The van der Waals surface area contributed by atoms with Gasteiger partial charge < -0.3 is 18.3 Å². The van der Waals surface area contributed by atoms with Crippen molar-refractivity contribution in [3.05, 3.63) is 34.9 Å². The zero-order valence-corrected chi connectivity index (χ0v) is 10.6. The van der Waals surface area contributed by atoms with E-state index < -0.39 is 5.63 Å². The summed E-state index contributed by atoms with van der Waals surface area (Å²) < 4.78 is 21.1. The van der Waals surface area contributed by atoms with Gasteiger partial charge >= 0.3 is 5.63 Å². The third kappa shape index (κ3) is 1.74. The highest BCUT2D eigenvalue weighted by Crippen LogP contribution is 2.35. The van der Waals surface area contributed by atoms with E-state index in [1.165, 1.54) is 7.11 Å². The predicted molar refractivity (Wildman–Crippen MR) is 70.0 cm³/mol. The molecular weight excluding hydrogens is 248 g/mol. The monoisotopic (exact) mass is 260 g/mol. The summed E-state index contributed by atoms with van der Waals surface area (Å²) in [6.07, 6.45) is 1.58. The molecule has 2 aromatic heterocycles. The van der Waals surface area contributed by atoms with Crippen molar-refractivity contribution in [1.29, 1.82) is 0 Å². The van der Waals surface area contributed by atoms with E-state index in [9.17, 15) is 4.79 Å². The lowest BCUT2D eigenvalue weighted by Gasteiger charge is -2.10. The van der Waals surface area contributed by atoms with Gasteiger partial charge in [0.1, 0.15) is 11.2 Å². The fourth-order valence-corrected chi connectivity index (χ4v) is 2.08. The van der Waals surface area contributed by atoms with Gasteiger partial charge in [-0.25, -0.2) is 4.79 Å². The highest BCUT2D eigenvalue weighted by atomic mass is 16.5. The average Bonchev–Trinajstić information content (AvgIpc) is 2.84. The Bertz CT molecular complexity index is 797. The largest absolute Gasteiger partial charge is 0.489 e. The number of rotatable bonds is 3. The summed E-state index contributed by atoms with van der Waals surface area (Å²) >= 11 is 0. The van der Waals surface area contributed by atoms with E-state index in [2.05, 4.69) is 0 Å². The summed E-state index contributed by atoms with van der Waals surface area (Å²) in [5, 5.41) is 1.59. The van der Waals surface area contributed by atoms with E-state index >= 15 is 0 Å². The minimum Gasteiger partial charge on any atom is -0.489 e. The van der Waals surface area contributed by atoms with E-state index in [-0.39, 0.29) is 5.75 Å². The zero-order chi connectivity index (χ0) is 13.4. The van der Waals surface area contributed by atoms with Crippen molar-refractivity contribution in [2.45, 2.75) is 6.92 Å². The summed E-state index contributed by atoms with van der Waals surface area (Å²) in [6, 6.07) is 5.36. The van der Waals surface area contributed by atoms with Gasteiger partial charge in [0.25, 0.3) is 0 Å².